The van der Waals surface area contributed by atoms with Crippen LogP contribution >= 0.6 is 0 Å². The van der Waals surface area contributed by atoms with Gasteiger partial charge in [0.25, 0.3) is 0 Å². The average Bonchev–Trinajstić information content (AvgIpc) is 2.73. The summed E-state index contributed by atoms with van der Waals surface area (Å²) in [6.45, 7) is 6.24. The third kappa shape index (κ3) is 3.60. The van der Waals surface area contributed by atoms with Gasteiger partial charge in [-0.05, 0) is 44.0 Å². The first kappa shape index (κ1) is 14.1. The maximum absolute atomic E-state index is 12.1. The molecule has 2 aromatic rings. The fourth-order valence-electron chi connectivity index (χ4n) is 2.06. The molecule has 1 heterocycles. The molecule has 0 aliphatic heterocycles. The Morgan fingerprint density at radius 3 is 2.40 bits per heavy atom. The van der Waals surface area contributed by atoms with Crippen LogP contribution in [0, 0.1) is 20.8 Å². The fourth-order valence-corrected chi connectivity index (χ4v) is 2.06. The molecule has 20 heavy (non-hydrogen) atoms. The molecular formula is C15H19N3O2. The van der Waals surface area contributed by atoms with Crippen LogP contribution in [-0.2, 0) is 6.54 Å². The monoisotopic (exact) mass is 273 g/mol. The molecule has 0 unspecified atom stereocenters. The average molecular weight is 273 g/mol. The molecule has 0 bridgehead atoms. The van der Waals surface area contributed by atoms with E-state index in [1.54, 1.807) is 11.9 Å². The van der Waals surface area contributed by atoms with Crippen LogP contribution in [0.25, 0.3) is 0 Å². The summed E-state index contributed by atoms with van der Waals surface area (Å²) >= 11 is 0. The zero-order valence-corrected chi connectivity index (χ0v) is 12.2. The molecular weight excluding hydrogens is 254 g/mol. The number of urea groups is 1. The molecule has 0 radical (unpaired) electrons. The topological polar surface area (TPSA) is 58.4 Å². The molecule has 0 spiro atoms. The number of carbonyl (C=O) groups is 1. The minimum absolute atomic E-state index is 0.177. The second-order valence-electron chi connectivity index (χ2n) is 5.10. The smallest absolute Gasteiger partial charge is 0.321 e. The van der Waals surface area contributed by atoms with E-state index < -0.39 is 0 Å². The highest BCUT2D eigenvalue weighted by atomic mass is 16.5. The van der Waals surface area contributed by atoms with E-state index in [0.29, 0.717) is 12.3 Å². The lowest BCUT2D eigenvalue weighted by atomic mass is 10.1. The van der Waals surface area contributed by atoms with Crippen molar-refractivity contribution in [3.8, 4) is 0 Å². The predicted molar refractivity (Wildman–Crippen MR) is 77.6 cm³/mol. The Hall–Kier alpha value is -2.30. The number of nitrogens with one attached hydrogen (secondary N) is 1. The molecule has 1 N–H and O–H groups in total. The Bertz CT molecular complexity index is 599. The van der Waals surface area contributed by atoms with Gasteiger partial charge in [0.1, 0.15) is 0 Å². The van der Waals surface area contributed by atoms with Gasteiger partial charge in [-0.25, -0.2) is 4.79 Å². The van der Waals surface area contributed by atoms with Crippen molar-refractivity contribution in [2.24, 2.45) is 0 Å². The Balaban J connectivity index is 2.00. The standard InChI is InChI=1S/C15H19N3O2/c1-10-5-11(2)7-13(6-10)16-15(19)18(4)9-14-8-12(3)17-20-14/h5-8H,9H2,1-4H3,(H,16,19). The second-order valence-corrected chi connectivity index (χ2v) is 5.10. The molecule has 5 nitrogen and oxygen atoms in total. The highest BCUT2D eigenvalue weighted by Crippen LogP contribution is 2.14. The minimum Gasteiger partial charge on any atom is -0.359 e. The van der Waals surface area contributed by atoms with Gasteiger partial charge in [0, 0.05) is 18.8 Å². The number of aromatic nitrogens is 1. The first-order chi connectivity index (χ1) is 9.44. The first-order valence-electron chi connectivity index (χ1n) is 6.46. The molecule has 0 saturated heterocycles. The van der Waals surface area contributed by atoms with E-state index in [1.807, 2.05) is 39.0 Å². The van der Waals surface area contributed by atoms with Crippen LogP contribution < -0.4 is 5.32 Å². The number of benzene rings is 1. The Morgan fingerprint density at radius 1 is 1.20 bits per heavy atom. The summed E-state index contributed by atoms with van der Waals surface area (Å²) in [5.74, 6) is 0.667. The van der Waals surface area contributed by atoms with Crippen LogP contribution in [0.4, 0.5) is 10.5 Å². The zero-order valence-electron chi connectivity index (χ0n) is 12.2. The summed E-state index contributed by atoms with van der Waals surface area (Å²) in [4.78, 5) is 13.7. The van der Waals surface area contributed by atoms with Gasteiger partial charge >= 0.3 is 6.03 Å². The molecule has 0 fully saturated rings. The SMILES string of the molecule is Cc1cc(C)cc(NC(=O)N(C)Cc2cc(C)no2)c1. The Labute approximate surface area is 118 Å². The fraction of sp³-hybridized carbons (Fsp3) is 0.333. The Kier molecular flexibility index (Phi) is 4.08. The summed E-state index contributed by atoms with van der Waals surface area (Å²) in [5, 5.41) is 6.68. The van der Waals surface area contributed by atoms with Crippen LogP contribution in [0.3, 0.4) is 0 Å². The van der Waals surface area contributed by atoms with Gasteiger partial charge in [-0.15, -0.1) is 0 Å². The van der Waals surface area contributed by atoms with Gasteiger partial charge in [0.2, 0.25) is 0 Å². The van der Waals surface area contributed by atoms with E-state index in [2.05, 4.69) is 16.5 Å². The summed E-state index contributed by atoms with van der Waals surface area (Å²) in [7, 11) is 1.72. The van der Waals surface area contributed by atoms with Crippen molar-refractivity contribution in [3.63, 3.8) is 0 Å². The van der Waals surface area contributed by atoms with E-state index in [4.69, 9.17) is 4.52 Å². The van der Waals surface area contributed by atoms with Crippen molar-refractivity contribution >= 4 is 11.7 Å². The van der Waals surface area contributed by atoms with Crippen LogP contribution in [0.1, 0.15) is 22.6 Å². The number of hydrogen-bond donors (Lipinski definition) is 1. The zero-order chi connectivity index (χ0) is 14.7. The minimum atomic E-state index is -0.177. The van der Waals surface area contributed by atoms with E-state index >= 15 is 0 Å². The molecule has 0 aliphatic rings. The van der Waals surface area contributed by atoms with Crippen molar-refractivity contribution in [1.29, 1.82) is 0 Å². The van der Waals surface area contributed by atoms with Crippen molar-refractivity contribution in [1.82, 2.24) is 10.1 Å². The molecule has 1 aromatic heterocycles. The largest absolute Gasteiger partial charge is 0.359 e. The van der Waals surface area contributed by atoms with E-state index in [9.17, 15) is 4.79 Å². The lowest BCUT2D eigenvalue weighted by Gasteiger charge is -2.16. The van der Waals surface area contributed by atoms with Crippen molar-refractivity contribution < 1.29 is 9.32 Å². The number of anilines is 1. The van der Waals surface area contributed by atoms with Gasteiger partial charge in [-0.1, -0.05) is 11.2 Å². The first-order valence-corrected chi connectivity index (χ1v) is 6.46. The van der Waals surface area contributed by atoms with Crippen LogP contribution in [-0.4, -0.2) is 23.1 Å². The number of nitrogens with zero attached hydrogens (tertiary/aromatic N) is 2. The van der Waals surface area contributed by atoms with Gasteiger partial charge in [-0.3, -0.25) is 0 Å². The molecule has 1 aromatic carbocycles. The third-order valence-corrected chi connectivity index (χ3v) is 2.89. The molecule has 0 saturated carbocycles. The maximum atomic E-state index is 12.1. The van der Waals surface area contributed by atoms with E-state index in [0.717, 1.165) is 22.5 Å². The lowest BCUT2D eigenvalue weighted by Crippen LogP contribution is -2.30. The van der Waals surface area contributed by atoms with E-state index in [-0.39, 0.29) is 6.03 Å². The molecule has 0 aliphatic carbocycles. The highest BCUT2D eigenvalue weighted by Gasteiger charge is 2.12. The Morgan fingerprint density at radius 2 is 1.85 bits per heavy atom. The van der Waals surface area contributed by atoms with Gasteiger partial charge < -0.3 is 14.7 Å². The molecule has 5 heteroatoms. The highest BCUT2D eigenvalue weighted by molar-refractivity contribution is 5.89. The summed E-state index contributed by atoms with van der Waals surface area (Å²) in [6, 6.07) is 7.59. The van der Waals surface area contributed by atoms with Crippen LogP contribution in [0.5, 0.6) is 0 Å². The van der Waals surface area contributed by atoms with Crippen LogP contribution in [0.2, 0.25) is 0 Å². The maximum Gasteiger partial charge on any atom is 0.321 e. The normalized spacial score (nSPS) is 10.4. The predicted octanol–water partition coefficient (Wildman–Crippen LogP) is 3.26. The number of amides is 2. The molecule has 2 rings (SSSR count). The van der Waals surface area contributed by atoms with Crippen molar-refractivity contribution in [2.45, 2.75) is 27.3 Å². The van der Waals surface area contributed by atoms with Crippen LogP contribution in [0.15, 0.2) is 28.8 Å². The summed E-state index contributed by atoms with van der Waals surface area (Å²) in [6.07, 6.45) is 0. The number of hydrogen-bond acceptors (Lipinski definition) is 3. The van der Waals surface area contributed by atoms with E-state index in [1.165, 1.54) is 0 Å². The number of aryl methyl sites for hydroxylation is 3. The van der Waals surface area contributed by atoms with Gasteiger partial charge in [0.15, 0.2) is 5.76 Å². The molecule has 106 valence electrons. The molecule has 2 amide bonds. The summed E-state index contributed by atoms with van der Waals surface area (Å²) in [5.41, 5.74) is 3.85. The van der Waals surface area contributed by atoms with Gasteiger partial charge in [-0.2, -0.15) is 0 Å². The third-order valence-electron chi connectivity index (χ3n) is 2.89. The molecule has 0 atom stereocenters. The quantitative estimate of drug-likeness (QED) is 0.933. The lowest BCUT2D eigenvalue weighted by molar-refractivity contribution is 0.214. The number of rotatable bonds is 3. The van der Waals surface area contributed by atoms with Gasteiger partial charge in [0.05, 0.1) is 12.2 Å². The van der Waals surface area contributed by atoms with Crippen molar-refractivity contribution in [2.75, 3.05) is 12.4 Å². The summed E-state index contributed by atoms with van der Waals surface area (Å²) < 4.78 is 5.10. The number of carbonyl (C=O) groups excluding carboxylic acids is 1. The van der Waals surface area contributed by atoms with Crippen molar-refractivity contribution in [3.05, 3.63) is 46.8 Å². The second kappa shape index (κ2) is 5.77.